The van der Waals surface area contributed by atoms with Crippen LogP contribution < -0.4 is 0 Å². The van der Waals surface area contributed by atoms with Gasteiger partial charge in [0.05, 0.1) is 5.60 Å². The van der Waals surface area contributed by atoms with E-state index >= 15 is 0 Å². The molecule has 1 aliphatic carbocycles. The second kappa shape index (κ2) is 3.46. The lowest BCUT2D eigenvalue weighted by molar-refractivity contribution is 0.0489. The van der Waals surface area contributed by atoms with Crippen molar-refractivity contribution >= 4 is 5.78 Å². The fraction of sp³-hybridized carbons (Fsp3) is 0.462. The summed E-state index contributed by atoms with van der Waals surface area (Å²) in [5.41, 5.74) is 0.0315. The molecule has 1 saturated carbocycles. The molecular weight excluding hydrogens is 188 g/mol. The van der Waals surface area contributed by atoms with Crippen LogP contribution in [0.15, 0.2) is 30.3 Å². The second-order valence-corrected chi connectivity index (χ2v) is 4.83. The smallest absolute Gasteiger partial charge is 0.166 e. The van der Waals surface area contributed by atoms with Gasteiger partial charge in [-0.1, -0.05) is 30.3 Å². The zero-order valence-corrected chi connectivity index (χ0v) is 9.10. The van der Waals surface area contributed by atoms with E-state index in [1.54, 1.807) is 13.8 Å². The van der Waals surface area contributed by atoms with E-state index in [0.29, 0.717) is 0 Å². The van der Waals surface area contributed by atoms with Gasteiger partial charge in [-0.25, -0.2) is 0 Å². The summed E-state index contributed by atoms with van der Waals surface area (Å²) in [5, 5.41) is 9.77. The first-order valence-electron chi connectivity index (χ1n) is 5.32. The van der Waals surface area contributed by atoms with Crippen LogP contribution in [0.3, 0.4) is 0 Å². The van der Waals surface area contributed by atoms with Crippen LogP contribution in [0.5, 0.6) is 0 Å². The van der Waals surface area contributed by atoms with Crippen LogP contribution in [0.2, 0.25) is 0 Å². The molecule has 2 heteroatoms. The van der Waals surface area contributed by atoms with Gasteiger partial charge < -0.3 is 5.11 Å². The normalized spacial score (nSPS) is 25.0. The minimum absolute atomic E-state index is 0.0207. The van der Waals surface area contributed by atoms with E-state index in [-0.39, 0.29) is 17.6 Å². The minimum atomic E-state index is -0.727. The predicted octanol–water partition coefficient (Wildman–Crippen LogP) is 2.28. The van der Waals surface area contributed by atoms with Gasteiger partial charge in [0, 0.05) is 11.5 Å². The Labute approximate surface area is 89.9 Å². The van der Waals surface area contributed by atoms with Crippen molar-refractivity contribution in [2.45, 2.75) is 25.9 Å². The van der Waals surface area contributed by atoms with Gasteiger partial charge in [-0.3, -0.25) is 4.79 Å². The predicted molar refractivity (Wildman–Crippen MR) is 58.7 cm³/mol. The average Bonchev–Trinajstić information content (AvgIpc) is 2.97. The summed E-state index contributed by atoms with van der Waals surface area (Å²) in [7, 11) is 0. The Hall–Kier alpha value is -1.15. The van der Waals surface area contributed by atoms with Gasteiger partial charge in [-0.05, 0) is 26.2 Å². The maximum atomic E-state index is 12.0. The molecule has 0 saturated heterocycles. The van der Waals surface area contributed by atoms with Crippen LogP contribution >= 0.6 is 0 Å². The van der Waals surface area contributed by atoms with E-state index in [9.17, 15) is 9.90 Å². The molecule has 0 radical (unpaired) electrons. The molecule has 80 valence electrons. The monoisotopic (exact) mass is 204 g/mol. The second-order valence-electron chi connectivity index (χ2n) is 4.83. The number of rotatable bonds is 3. The average molecular weight is 204 g/mol. The minimum Gasteiger partial charge on any atom is -0.390 e. The van der Waals surface area contributed by atoms with Crippen LogP contribution in [-0.2, 0) is 0 Å². The Morgan fingerprint density at radius 2 is 1.93 bits per heavy atom. The molecule has 0 heterocycles. The fourth-order valence-electron chi connectivity index (χ4n) is 2.08. The Bertz CT molecular complexity index is 362. The Morgan fingerprint density at radius 3 is 2.40 bits per heavy atom. The van der Waals surface area contributed by atoms with Crippen molar-refractivity contribution in [3.63, 3.8) is 0 Å². The van der Waals surface area contributed by atoms with E-state index in [4.69, 9.17) is 0 Å². The molecule has 1 aromatic rings. The van der Waals surface area contributed by atoms with Crippen LogP contribution in [0.4, 0.5) is 0 Å². The molecule has 2 nitrogen and oxygen atoms in total. The third-order valence-corrected chi connectivity index (χ3v) is 3.09. The third-order valence-electron chi connectivity index (χ3n) is 3.09. The maximum absolute atomic E-state index is 12.0. The number of aliphatic hydroxyl groups is 1. The van der Waals surface area contributed by atoms with Gasteiger partial charge in [0.2, 0.25) is 0 Å². The fourth-order valence-corrected chi connectivity index (χ4v) is 2.08. The van der Waals surface area contributed by atoms with Gasteiger partial charge in [-0.2, -0.15) is 0 Å². The summed E-state index contributed by atoms with van der Waals surface area (Å²) in [5.74, 6) is 0.320. The van der Waals surface area contributed by atoms with Gasteiger partial charge in [-0.15, -0.1) is 0 Å². The van der Waals surface area contributed by atoms with Crippen molar-refractivity contribution in [2.24, 2.45) is 11.8 Å². The van der Waals surface area contributed by atoms with E-state index < -0.39 is 5.60 Å². The highest BCUT2D eigenvalue weighted by atomic mass is 16.3. The van der Waals surface area contributed by atoms with Crippen LogP contribution in [-0.4, -0.2) is 16.5 Å². The molecule has 0 unspecified atom stereocenters. The molecule has 0 spiro atoms. The SMILES string of the molecule is CC(C)(O)[C@@H]1C[C@@H]1C(=O)c1ccccc1. The third kappa shape index (κ3) is 2.10. The van der Waals surface area contributed by atoms with E-state index in [1.165, 1.54) is 0 Å². The molecule has 1 N–H and O–H groups in total. The Kier molecular flexibility index (Phi) is 2.39. The number of hydrogen-bond donors (Lipinski definition) is 1. The molecule has 2 atom stereocenters. The molecule has 0 aromatic heterocycles. The highest BCUT2D eigenvalue weighted by Crippen LogP contribution is 2.47. The summed E-state index contributed by atoms with van der Waals surface area (Å²) in [4.78, 5) is 12.0. The van der Waals surface area contributed by atoms with Gasteiger partial charge >= 0.3 is 0 Å². The summed E-state index contributed by atoms with van der Waals surface area (Å²) >= 11 is 0. The van der Waals surface area contributed by atoms with Crippen LogP contribution in [0, 0.1) is 11.8 Å². The first-order chi connectivity index (χ1) is 7.00. The molecule has 0 aliphatic heterocycles. The zero-order chi connectivity index (χ0) is 11.1. The molecule has 0 bridgehead atoms. The van der Waals surface area contributed by atoms with Gasteiger partial charge in [0.1, 0.15) is 0 Å². The number of hydrogen-bond acceptors (Lipinski definition) is 2. The maximum Gasteiger partial charge on any atom is 0.166 e. The van der Waals surface area contributed by atoms with E-state index in [1.807, 2.05) is 30.3 Å². The molecule has 1 fully saturated rings. The first-order valence-corrected chi connectivity index (χ1v) is 5.32. The molecule has 1 aromatic carbocycles. The number of Topliss-reactive ketones (excluding diaryl/α,β-unsaturated/α-hetero) is 1. The Morgan fingerprint density at radius 1 is 1.33 bits per heavy atom. The Balaban J connectivity index is 2.07. The topological polar surface area (TPSA) is 37.3 Å². The van der Waals surface area contributed by atoms with Crippen molar-refractivity contribution in [3.05, 3.63) is 35.9 Å². The van der Waals surface area contributed by atoms with Gasteiger partial charge in [0.25, 0.3) is 0 Å². The van der Waals surface area contributed by atoms with Gasteiger partial charge in [0.15, 0.2) is 5.78 Å². The van der Waals surface area contributed by atoms with Crippen molar-refractivity contribution in [2.75, 3.05) is 0 Å². The van der Waals surface area contributed by atoms with Crippen molar-refractivity contribution in [3.8, 4) is 0 Å². The lowest BCUT2D eigenvalue weighted by atomic mass is 9.98. The number of ketones is 1. The highest BCUT2D eigenvalue weighted by molar-refractivity contribution is 5.99. The molecular formula is C13H16O2. The van der Waals surface area contributed by atoms with Crippen molar-refractivity contribution in [1.82, 2.24) is 0 Å². The lowest BCUT2D eigenvalue weighted by Gasteiger charge is -2.16. The molecule has 0 amide bonds. The quantitative estimate of drug-likeness (QED) is 0.767. The molecule has 1 aliphatic rings. The largest absolute Gasteiger partial charge is 0.390 e. The number of carbonyl (C=O) groups is 1. The summed E-state index contributed by atoms with van der Waals surface area (Å²) in [6.45, 7) is 3.55. The van der Waals surface area contributed by atoms with Crippen molar-refractivity contribution in [1.29, 1.82) is 0 Å². The standard InChI is InChI=1S/C13H16O2/c1-13(2,15)11-8-10(11)12(14)9-6-4-3-5-7-9/h3-7,10-11,15H,8H2,1-2H3/t10-,11+/m0/s1. The van der Waals surface area contributed by atoms with Crippen LogP contribution in [0.1, 0.15) is 30.6 Å². The number of carbonyl (C=O) groups excluding carboxylic acids is 1. The summed E-state index contributed by atoms with van der Waals surface area (Å²) in [6.07, 6.45) is 0.817. The molecule has 2 rings (SSSR count). The van der Waals surface area contributed by atoms with Crippen LogP contribution in [0.25, 0.3) is 0 Å². The van der Waals surface area contributed by atoms with E-state index in [0.717, 1.165) is 12.0 Å². The molecule has 15 heavy (non-hydrogen) atoms. The highest BCUT2D eigenvalue weighted by Gasteiger charge is 2.50. The summed E-state index contributed by atoms with van der Waals surface area (Å²) < 4.78 is 0. The van der Waals surface area contributed by atoms with E-state index in [2.05, 4.69) is 0 Å². The zero-order valence-electron chi connectivity index (χ0n) is 9.10. The van der Waals surface area contributed by atoms with Crippen molar-refractivity contribution < 1.29 is 9.90 Å². The number of benzene rings is 1. The lowest BCUT2D eigenvalue weighted by Crippen LogP contribution is -2.24. The summed E-state index contributed by atoms with van der Waals surface area (Å²) in [6, 6.07) is 9.31. The first kappa shape index (κ1) is 10.4.